The summed E-state index contributed by atoms with van der Waals surface area (Å²) >= 11 is 0. The van der Waals surface area contributed by atoms with Crippen molar-refractivity contribution in [3.8, 4) is 0 Å². The molecule has 0 N–H and O–H groups in total. The van der Waals surface area contributed by atoms with E-state index in [4.69, 9.17) is 0 Å². The van der Waals surface area contributed by atoms with E-state index >= 15 is 0 Å². The molecule has 7 nitrogen and oxygen atoms in total. The second kappa shape index (κ2) is 229. The van der Waals surface area contributed by atoms with Gasteiger partial charge in [-0.3, -0.25) is 0 Å². The van der Waals surface area contributed by atoms with Gasteiger partial charge in [0, 0.05) is 0 Å². The molecule has 0 saturated heterocycles. The van der Waals surface area contributed by atoms with Gasteiger partial charge in [0.2, 0.25) is 0 Å². The maximum absolute atomic E-state index is 0. The molecule has 0 spiro atoms. The molecule has 0 aliphatic heterocycles. The molecule has 11 heteroatoms. The molecule has 0 fully saturated rings. The molecule has 6 radical (unpaired) electrons. The Balaban J connectivity index is 0. The van der Waals surface area contributed by atoms with Crippen molar-refractivity contribution >= 4 is 52.4 Å². The monoisotopic (exact) mass is 916 g/mol. The first-order chi connectivity index (χ1) is 0. The molecule has 0 amide bonds. The molecule has 11 heavy (non-hydrogen) atoms. The van der Waals surface area contributed by atoms with Gasteiger partial charge in [-0.2, -0.15) is 0 Å². The van der Waals surface area contributed by atoms with Crippen LogP contribution < -0.4 is 0 Å². The Morgan fingerprint density at radius 2 is 0.273 bits per heavy atom. The van der Waals surface area contributed by atoms with Crippen molar-refractivity contribution in [3.05, 3.63) is 0 Å². The largest absolute Gasteiger partial charge is 4.00 e. The molecule has 0 saturated carbocycles. The minimum Gasteiger partial charge on any atom is -2.00 e. The summed E-state index contributed by atoms with van der Waals surface area (Å²) in [5, 5.41) is 0. The summed E-state index contributed by atoms with van der Waals surface area (Å²) in [5.41, 5.74) is 0. The summed E-state index contributed by atoms with van der Waals surface area (Å²) in [6, 6.07) is 0. The molecule has 0 heterocycles. The van der Waals surface area contributed by atoms with Crippen LogP contribution in [0, 0.1) is 0 Å². The van der Waals surface area contributed by atoms with Gasteiger partial charge in [-0.1, -0.05) is 0 Å². The summed E-state index contributed by atoms with van der Waals surface area (Å²) in [7, 11) is 0. The zero-order valence-corrected chi connectivity index (χ0v) is 16.2. The Labute approximate surface area is 129 Å². The van der Waals surface area contributed by atoms with E-state index < -0.39 is 0 Å². The Morgan fingerprint density at radius 1 is 0.273 bits per heavy atom. The fourth-order valence-corrected chi connectivity index (χ4v) is 0. The Morgan fingerprint density at radius 3 is 0.273 bits per heavy atom. The third-order valence-electron chi connectivity index (χ3n) is 0. The van der Waals surface area contributed by atoms with E-state index in [1.807, 2.05) is 0 Å². The van der Waals surface area contributed by atoms with Crippen LogP contribution in [0.15, 0.2) is 0 Å². The average Bonchev–Trinajstić information content (AvgIpc) is 0. The molecular weight excluding hydrogens is 914 g/mol. The van der Waals surface area contributed by atoms with Gasteiger partial charge >= 0.3 is 92.6 Å². The van der Waals surface area contributed by atoms with Crippen LogP contribution >= 0.6 is 0 Å². The van der Waals surface area contributed by atoms with Crippen molar-refractivity contribution in [3.63, 3.8) is 0 Å². The molecule has 0 aliphatic rings. The zero-order chi connectivity index (χ0) is 0. The van der Waals surface area contributed by atoms with Crippen LogP contribution in [0.25, 0.3) is 0 Å². The summed E-state index contributed by atoms with van der Waals surface area (Å²) < 4.78 is 0. The standard InChI is InChI=1S/2Bi.2Ir.7O/q2*+3;2*+4;7*-2. The van der Waals surface area contributed by atoms with Gasteiger partial charge in [-0.05, 0) is 0 Å². The molecule has 0 rings (SSSR count). The fourth-order valence-electron chi connectivity index (χ4n) is 0. The maximum Gasteiger partial charge on any atom is 4.00 e. The smallest absolute Gasteiger partial charge is 2.00 e. The first-order valence-corrected chi connectivity index (χ1v) is 0. The molecule has 0 bridgehead atoms. The Hall–Kier alpha value is 2.78. The van der Waals surface area contributed by atoms with Crippen LogP contribution in [0.1, 0.15) is 0 Å². The number of hydrogen-bond donors (Lipinski definition) is 0. The van der Waals surface area contributed by atoms with Crippen LogP contribution in [0.5, 0.6) is 0 Å². The summed E-state index contributed by atoms with van der Waals surface area (Å²) in [5.74, 6) is 0. The van der Waals surface area contributed by atoms with E-state index in [0.29, 0.717) is 0 Å². The van der Waals surface area contributed by atoms with Gasteiger partial charge in [-0.15, -0.1) is 0 Å². The summed E-state index contributed by atoms with van der Waals surface area (Å²) in [6.45, 7) is 0. The predicted octanol–water partition coefficient (Wildman–Crippen LogP) is -1.60. The van der Waals surface area contributed by atoms with E-state index in [9.17, 15) is 0 Å². The van der Waals surface area contributed by atoms with Crippen molar-refractivity contribution in [2.75, 3.05) is 0 Å². The van der Waals surface area contributed by atoms with Crippen molar-refractivity contribution in [2.24, 2.45) is 0 Å². The predicted molar refractivity (Wildman–Crippen MR) is 16.3 cm³/mol. The van der Waals surface area contributed by atoms with Crippen molar-refractivity contribution in [1.82, 2.24) is 0 Å². The van der Waals surface area contributed by atoms with E-state index in [0.717, 1.165) is 0 Å². The molecule has 0 aromatic heterocycles. The molecular formula is Bi2Ir2O7. The molecule has 0 aromatic rings. The topological polar surface area (TPSA) is 200 Å². The van der Waals surface area contributed by atoms with Gasteiger partial charge in [0.25, 0.3) is 0 Å². The third kappa shape index (κ3) is 192. The van der Waals surface area contributed by atoms with E-state index in [1.165, 1.54) is 0 Å². The quantitative estimate of drug-likeness (QED) is 0.253. The van der Waals surface area contributed by atoms with Crippen molar-refractivity contribution in [1.29, 1.82) is 0 Å². The van der Waals surface area contributed by atoms with Crippen LogP contribution in [-0.4, -0.2) is 52.4 Å². The van der Waals surface area contributed by atoms with Crippen LogP contribution in [-0.2, 0) is 78.5 Å². The van der Waals surface area contributed by atoms with Gasteiger partial charge < -0.3 is 38.3 Å². The number of rotatable bonds is 0. The second-order valence-corrected chi connectivity index (χ2v) is 0. The van der Waals surface area contributed by atoms with Gasteiger partial charge in [0.1, 0.15) is 0 Å². The Bertz CT molecular complexity index is 14.4. The van der Waals surface area contributed by atoms with Crippen molar-refractivity contribution < 1.29 is 78.5 Å². The minimum atomic E-state index is 0. The van der Waals surface area contributed by atoms with Crippen LogP contribution in [0.4, 0.5) is 0 Å². The fraction of sp³-hybridized carbons (Fsp3) is 0. The first-order valence-electron chi connectivity index (χ1n) is 0. The van der Waals surface area contributed by atoms with Crippen LogP contribution in [0.3, 0.4) is 0 Å². The summed E-state index contributed by atoms with van der Waals surface area (Å²) in [4.78, 5) is 0. The van der Waals surface area contributed by atoms with Gasteiger partial charge in [0.15, 0.2) is 0 Å². The van der Waals surface area contributed by atoms with E-state index in [2.05, 4.69) is 0 Å². The second-order valence-electron chi connectivity index (χ2n) is 0. The first kappa shape index (κ1) is 291. The van der Waals surface area contributed by atoms with E-state index in [-0.39, 0.29) is 131 Å². The maximum atomic E-state index is 0. The zero-order valence-electron chi connectivity index (χ0n) is 4.42. The van der Waals surface area contributed by atoms with Crippen molar-refractivity contribution in [2.45, 2.75) is 0 Å². The number of hydrogen-bond acceptors (Lipinski definition) is 0. The third-order valence-corrected chi connectivity index (χ3v) is 0. The summed E-state index contributed by atoms with van der Waals surface area (Å²) in [6.07, 6.45) is 0. The average molecular weight is 914 g/mol. The SMILES string of the molecule is [Bi+3].[Bi+3].[Ir+4].[Ir+4].[O-2].[O-2].[O-2].[O-2].[O-2].[O-2].[O-2]. The molecule has 70 valence electrons. The van der Waals surface area contributed by atoms with Gasteiger partial charge in [-0.25, -0.2) is 0 Å². The van der Waals surface area contributed by atoms with E-state index in [1.54, 1.807) is 0 Å². The van der Waals surface area contributed by atoms with Crippen LogP contribution in [0.2, 0.25) is 0 Å². The molecule has 0 atom stereocenters. The normalized spacial score (nSPS) is 0. The van der Waals surface area contributed by atoms with Gasteiger partial charge in [0.05, 0.1) is 0 Å². The molecule has 0 aromatic carbocycles. The minimum absolute atomic E-state index is 0. The molecule has 0 aliphatic carbocycles. The Kier molecular flexibility index (Phi) is 6050. The molecule has 0 unspecified atom stereocenters.